The van der Waals surface area contributed by atoms with Crippen LogP contribution >= 0.6 is 0 Å². The summed E-state index contributed by atoms with van der Waals surface area (Å²) in [7, 11) is -23.6. The van der Waals surface area contributed by atoms with Gasteiger partial charge in [0.05, 0.1) is 21.2 Å². The van der Waals surface area contributed by atoms with Gasteiger partial charge in [-0.15, -0.1) is 0 Å². The highest BCUT2D eigenvalue weighted by Crippen LogP contribution is 2.39. The van der Waals surface area contributed by atoms with Crippen LogP contribution in [0.5, 0.6) is 0 Å². The fraction of sp³-hybridized carbons (Fsp3) is 0.167. The Kier molecular flexibility index (Phi) is 6.62. The Balaban J connectivity index is 3.11. The molecule has 0 spiro atoms. The number of hydrogen-bond donors (Lipinski definition) is 4. The zero-order valence-electron chi connectivity index (χ0n) is 15.4. The third kappa shape index (κ3) is 5.63. The third-order valence-corrected chi connectivity index (χ3v) is 7.55. The second kappa shape index (κ2) is 8.08. The maximum Gasteiger partial charge on any atom is 0.516 e. The van der Waals surface area contributed by atoms with Crippen molar-refractivity contribution in [2.24, 2.45) is 0 Å². The zero-order chi connectivity index (χ0) is 26.7. The Bertz CT molecular complexity index is 1480. The summed E-state index contributed by atoms with van der Waals surface area (Å²) < 4.78 is 189. The van der Waals surface area contributed by atoms with Crippen LogP contribution < -0.4 is 9.44 Å². The van der Waals surface area contributed by atoms with Gasteiger partial charge in [-0.05, 0) is 29.7 Å². The van der Waals surface area contributed by atoms with Crippen LogP contribution in [0.4, 0.5) is 37.7 Å². The van der Waals surface area contributed by atoms with E-state index in [1.807, 2.05) is 0 Å². The van der Waals surface area contributed by atoms with Crippen molar-refractivity contribution in [2.45, 2.75) is 20.8 Å². The maximum atomic E-state index is 12.8. The minimum absolute atomic E-state index is 0.0144. The monoisotopic (exact) mass is 582 g/mol. The molecule has 2 aromatic rings. The maximum absolute atomic E-state index is 12.8. The van der Waals surface area contributed by atoms with Crippen LogP contribution in [0.15, 0.2) is 34.1 Å². The number of alkyl halides is 6. The van der Waals surface area contributed by atoms with Crippen LogP contribution in [0, 0.1) is 0 Å². The molecular weight excluding hydrogens is 574 g/mol. The van der Waals surface area contributed by atoms with Gasteiger partial charge in [-0.3, -0.25) is 18.5 Å². The molecule has 0 saturated heterocycles. The molecule has 0 aliphatic rings. The van der Waals surface area contributed by atoms with Crippen molar-refractivity contribution in [3.8, 4) is 0 Å². The van der Waals surface area contributed by atoms with E-state index in [0.717, 1.165) is 9.44 Å². The molecule has 0 aromatic heterocycles. The highest BCUT2D eigenvalue weighted by atomic mass is 32.2. The molecule has 4 N–H and O–H groups in total. The van der Waals surface area contributed by atoms with Gasteiger partial charge in [0.25, 0.3) is 20.2 Å². The van der Waals surface area contributed by atoms with E-state index >= 15 is 0 Å². The first kappa shape index (κ1) is 27.8. The first-order valence-electron chi connectivity index (χ1n) is 7.62. The minimum Gasteiger partial charge on any atom is -0.282 e. The summed E-state index contributed by atoms with van der Waals surface area (Å²) in [6, 6.07) is 0.463. The number of anilines is 2. The number of nitrogens with one attached hydrogen (secondary N) is 2. The largest absolute Gasteiger partial charge is 0.516 e. The molecule has 2 aromatic carbocycles. The van der Waals surface area contributed by atoms with Gasteiger partial charge in [-0.25, -0.2) is 0 Å². The third-order valence-electron chi connectivity index (χ3n) is 3.69. The quantitative estimate of drug-likeness (QED) is 0.288. The molecule has 0 heterocycles. The van der Waals surface area contributed by atoms with Gasteiger partial charge in [0.2, 0.25) is 0 Å². The first-order chi connectivity index (χ1) is 14.9. The lowest BCUT2D eigenvalue weighted by atomic mass is 10.1. The highest BCUT2D eigenvalue weighted by Gasteiger charge is 2.48. The molecule has 0 unspecified atom stereocenters. The van der Waals surface area contributed by atoms with Crippen molar-refractivity contribution >= 4 is 62.4 Å². The van der Waals surface area contributed by atoms with Crippen molar-refractivity contribution in [1.82, 2.24) is 0 Å². The number of sulfonamides is 2. The predicted molar refractivity (Wildman–Crippen MR) is 101 cm³/mol. The number of hydrogen-bond acceptors (Lipinski definition) is 8. The van der Waals surface area contributed by atoms with E-state index in [1.54, 1.807) is 0 Å². The number of halogens is 6. The first-order valence-corrected chi connectivity index (χ1v) is 13.5. The van der Waals surface area contributed by atoms with Crippen molar-refractivity contribution in [3.05, 3.63) is 24.3 Å². The average molecular weight is 582 g/mol. The van der Waals surface area contributed by atoms with Crippen LogP contribution in [-0.2, 0) is 40.3 Å². The molecule has 0 radical (unpaired) electrons. The van der Waals surface area contributed by atoms with E-state index in [-0.39, 0.29) is 24.3 Å². The predicted octanol–water partition coefficient (Wildman–Crippen LogP) is 1.86. The lowest BCUT2D eigenvalue weighted by molar-refractivity contribution is -0.0435. The molecule has 0 aliphatic heterocycles. The van der Waals surface area contributed by atoms with Crippen LogP contribution in [0.1, 0.15) is 0 Å². The molecule has 0 amide bonds. The summed E-state index contributed by atoms with van der Waals surface area (Å²) in [4.78, 5) is -2.78. The molecule has 12 nitrogen and oxygen atoms in total. The topological polar surface area (TPSA) is 201 Å². The Hall–Kier alpha value is -2.40. The van der Waals surface area contributed by atoms with Gasteiger partial charge in [-0.1, -0.05) is 0 Å². The Morgan fingerprint density at radius 1 is 0.588 bits per heavy atom. The molecule has 0 atom stereocenters. The molecule has 34 heavy (non-hydrogen) atoms. The van der Waals surface area contributed by atoms with Crippen molar-refractivity contribution < 1.29 is 69.1 Å². The van der Waals surface area contributed by atoms with Crippen molar-refractivity contribution in [2.75, 3.05) is 9.44 Å². The SMILES string of the molecule is O=S(=O)(O)c1cc(NS(=O)(=O)C(F)(F)F)c2c(NS(=O)(=O)C(F)(F)F)cc(S(=O)(=O)O)cc2c1. The summed E-state index contributed by atoms with van der Waals surface area (Å²) in [6.45, 7) is 0. The molecule has 192 valence electrons. The lowest BCUT2D eigenvalue weighted by Gasteiger charge is -2.18. The minimum atomic E-state index is -6.43. The van der Waals surface area contributed by atoms with E-state index in [1.165, 1.54) is 0 Å². The van der Waals surface area contributed by atoms with E-state index in [9.17, 15) is 60.0 Å². The molecule has 0 aliphatic carbocycles. The summed E-state index contributed by atoms with van der Waals surface area (Å²) in [5.74, 6) is 0. The molecule has 0 bridgehead atoms. The second-order valence-electron chi connectivity index (χ2n) is 6.09. The lowest BCUT2D eigenvalue weighted by Crippen LogP contribution is -2.31. The summed E-state index contributed by atoms with van der Waals surface area (Å²) >= 11 is 0. The van der Waals surface area contributed by atoms with E-state index in [4.69, 9.17) is 9.11 Å². The van der Waals surface area contributed by atoms with Crippen LogP contribution in [0.3, 0.4) is 0 Å². The Morgan fingerprint density at radius 3 is 1.12 bits per heavy atom. The van der Waals surface area contributed by atoms with Crippen LogP contribution in [0.25, 0.3) is 10.8 Å². The Labute approximate surface area is 186 Å². The summed E-state index contributed by atoms with van der Waals surface area (Å²) in [5, 5.41) is -2.26. The van der Waals surface area contributed by atoms with Gasteiger partial charge in [-0.2, -0.15) is 60.0 Å². The van der Waals surface area contributed by atoms with Gasteiger partial charge in [0, 0.05) is 5.39 Å². The van der Waals surface area contributed by atoms with E-state index in [0.29, 0.717) is 0 Å². The fourth-order valence-corrected chi connectivity index (χ4v) is 4.54. The summed E-state index contributed by atoms with van der Waals surface area (Å²) in [5.41, 5.74) is -15.2. The molecule has 2 rings (SSSR count). The standard InChI is InChI=1S/C12H8F6N2O10S4/c13-11(14,15)33(27,28)19-8-3-6(31(21,22)23)1-5-2-7(32(24,25)26)4-9(10(5)8)20-34(29,30)12(16,17)18/h1-4,19-20H,(H,21,22,23)(H,24,25,26). The average Bonchev–Trinajstić information content (AvgIpc) is 2.56. The van der Waals surface area contributed by atoms with Gasteiger partial charge < -0.3 is 0 Å². The highest BCUT2D eigenvalue weighted by molar-refractivity contribution is 7.94. The molecular formula is C12H8F6N2O10S4. The molecule has 22 heteroatoms. The van der Waals surface area contributed by atoms with Gasteiger partial charge in [0.1, 0.15) is 0 Å². The zero-order valence-corrected chi connectivity index (χ0v) is 18.6. The van der Waals surface area contributed by atoms with Gasteiger partial charge >= 0.3 is 31.1 Å². The van der Waals surface area contributed by atoms with Crippen LogP contribution in [0.2, 0.25) is 0 Å². The molecule has 0 fully saturated rings. The number of fused-ring (bicyclic) bond motifs is 1. The smallest absolute Gasteiger partial charge is 0.282 e. The number of rotatable bonds is 6. The van der Waals surface area contributed by atoms with Crippen molar-refractivity contribution in [3.63, 3.8) is 0 Å². The molecule has 0 saturated carbocycles. The Morgan fingerprint density at radius 2 is 0.882 bits per heavy atom. The van der Waals surface area contributed by atoms with E-state index < -0.39 is 83.2 Å². The normalized spacial score (nSPS) is 14.2. The van der Waals surface area contributed by atoms with E-state index in [2.05, 4.69) is 0 Å². The fourth-order valence-electron chi connectivity index (χ4n) is 2.32. The van der Waals surface area contributed by atoms with Crippen LogP contribution in [-0.4, -0.2) is 53.8 Å². The second-order valence-corrected chi connectivity index (χ2v) is 12.3. The van der Waals surface area contributed by atoms with Gasteiger partial charge in [0.15, 0.2) is 0 Å². The number of benzene rings is 2. The summed E-state index contributed by atoms with van der Waals surface area (Å²) in [6.07, 6.45) is 0. The van der Waals surface area contributed by atoms with Crippen molar-refractivity contribution in [1.29, 1.82) is 0 Å².